The van der Waals surface area contributed by atoms with Crippen LogP contribution in [0.3, 0.4) is 0 Å². The van der Waals surface area contributed by atoms with Gasteiger partial charge in [0.2, 0.25) is 0 Å². The highest BCUT2D eigenvalue weighted by Gasteiger charge is 2.08. The summed E-state index contributed by atoms with van der Waals surface area (Å²) in [5, 5.41) is 1.06. The summed E-state index contributed by atoms with van der Waals surface area (Å²) in [4.78, 5) is 28.5. The molecule has 1 heterocycles. The Bertz CT molecular complexity index is 937. The third-order valence-corrected chi connectivity index (χ3v) is 3.80. The number of carbonyl (C=O) groups excluding carboxylic acids is 1. The molecule has 1 aromatic heterocycles. The van der Waals surface area contributed by atoms with Crippen LogP contribution in [0.2, 0.25) is 5.02 Å². The van der Waals surface area contributed by atoms with Crippen molar-refractivity contribution < 1.29 is 9.53 Å². The summed E-state index contributed by atoms with van der Waals surface area (Å²) < 4.78 is 6.72. The molecule has 0 amide bonds. The maximum atomic E-state index is 12.3. The van der Waals surface area contributed by atoms with Crippen LogP contribution in [0.5, 0.6) is 0 Å². The number of hydrogen-bond acceptors (Lipinski definition) is 4. The average Bonchev–Trinajstić information content (AvgIpc) is 2.60. The van der Waals surface area contributed by atoms with Crippen LogP contribution in [0.15, 0.2) is 59.7 Å². The number of ether oxygens (including phenoxy) is 1. The van der Waals surface area contributed by atoms with E-state index in [1.165, 1.54) is 10.9 Å². The summed E-state index contributed by atoms with van der Waals surface area (Å²) in [6.07, 6.45) is 2.04. The molecule has 5 nitrogen and oxygen atoms in total. The molecule has 0 saturated carbocycles. The fourth-order valence-corrected chi connectivity index (χ4v) is 2.55. The van der Waals surface area contributed by atoms with Crippen molar-refractivity contribution >= 4 is 28.5 Å². The Hall–Kier alpha value is -2.66. The number of halogens is 1. The van der Waals surface area contributed by atoms with E-state index in [9.17, 15) is 9.59 Å². The van der Waals surface area contributed by atoms with Crippen LogP contribution in [0, 0.1) is 0 Å². The van der Waals surface area contributed by atoms with E-state index in [2.05, 4.69) is 4.98 Å². The maximum Gasteiger partial charge on any atom is 0.338 e. The van der Waals surface area contributed by atoms with Gasteiger partial charge in [-0.3, -0.25) is 9.36 Å². The number of benzene rings is 2. The Morgan fingerprint density at radius 1 is 1.17 bits per heavy atom. The summed E-state index contributed by atoms with van der Waals surface area (Å²) in [6, 6.07) is 13.8. The van der Waals surface area contributed by atoms with E-state index < -0.39 is 5.97 Å². The molecule has 0 bridgehead atoms. The maximum absolute atomic E-state index is 12.3. The van der Waals surface area contributed by atoms with Gasteiger partial charge in [-0.1, -0.05) is 29.8 Å². The summed E-state index contributed by atoms with van der Waals surface area (Å²) in [5.74, 6) is -0.429. The number of hydrogen-bond donors (Lipinski definition) is 0. The molecule has 0 fully saturated rings. The summed E-state index contributed by atoms with van der Waals surface area (Å²) in [5.41, 5.74) is 0.986. The Morgan fingerprint density at radius 2 is 2.00 bits per heavy atom. The van der Waals surface area contributed by atoms with E-state index in [4.69, 9.17) is 16.3 Å². The molecule has 3 rings (SSSR count). The van der Waals surface area contributed by atoms with Crippen LogP contribution in [-0.4, -0.2) is 22.1 Å². The Kier molecular flexibility index (Phi) is 4.91. The molecule has 0 spiro atoms. The quantitative estimate of drug-likeness (QED) is 0.527. The average molecular weight is 343 g/mol. The molecule has 0 saturated heterocycles. The number of esters is 1. The third kappa shape index (κ3) is 3.63. The van der Waals surface area contributed by atoms with Gasteiger partial charge in [0, 0.05) is 11.6 Å². The van der Waals surface area contributed by atoms with Crippen LogP contribution >= 0.6 is 11.6 Å². The largest absolute Gasteiger partial charge is 0.462 e. The number of fused-ring (bicyclic) bond motifs is 1. The fraction of sp³-hybridized carbons (Fsp3) is 0.167. The van der Waals surface area contributed by atoms with Crippen LogP contribution in [0.4, 0.5) is 0 Å². The first-order chi connectivity index (χ1) is 11.6. The number of para-hydroxylation sites is 1. The number of rotatable bonds is 5. The number of aromatic nitrogens is 2. The summed E-state index contributed by atoms with van der Waals surface area (Å²) in [6.45, 7) is 0.643. The first kappa shape index (κ1) is 16.2. The van der Waals surface area contributed by atoms with Gasteiger partial charge in [0.25, 0.3) is 5.56 Å². The zero-order valence-electron chi connectivity index (χ0n) is 12.8. The molecular weight excluding hydrogens is 328 g/mol. The van der Waals surface area contributed by atoms with Gasteiger partial charge in [-0.15, -0.1) is 0 Å². The second-order valence-corrected chi connectivity index (χ2v) is 5.70. The molecule has 24 heavy (non-hydrogen) atoms. The highest BCUT2D eigenvalue weighted by Crippen LogP contribution is 2.11. The standard InChI is InChI=1S/C18H15ClN2O3/c19-14-6-3-5-13(11-14)18(23)24-10-4-9-21-12-20-16-8-2-1-7-15(16)17(21)22/h1-3,5-8,11-12H,4,9-10H2. The summed E-state index contributed by atoms with van der Waals surface area (Å²) >= 11 is 5.84. The molecule has 3 aromatic rings. The Labute approximate surface area is 143 Å². The van der Waals surface area contributed by atoms with Gasteiger partial charge in [-0.25, -0.2) is 9.78 Å². The number of carbonyl (C=O) groups is 1. The first-order valence-electron chi connectivity index (χ1n) is 7.52. The minimum atomic E-state index is -0.429. The molecule has 0 atom stereocenters. The first-order valence-corrected chi connectivity index (χ1v) is 7.90. The van der Waals surface area contributed by atoms with Crippen molar-refractivity contribution in [2.45, 2.75) is 13.0 Å². The fourth-order valence-electron chi connectivity index (χ4n) is 2.36. The van der Waals surface area contributed by atoms with Crippen molar-refractivity contribution in [3.63, 3.8) is 0 Å². The van der Waals surface area contributed by atoms with Crippen molar-refractivity contribution in [2.24, 2.45) is 0 Å². The minimum Gasteiger partial charge on any atom is -0.462 e. The lowest BCUT2D eigenvalue weighted by molar-refractivity contribution is 0.0495. The second kappa shape index (κ2) is 7.27. The van der Waals surface area contributed by atoms with Crippen LogP contribution in [0.1, 0.15) is 16.8 Å². The molecule has 6 heteroatoms. The monoisotopic (exact) mass is 342 g/mol. The van der Waals surface area contributed by atoms with Gasteiger partial charge in [-0.05, 0) is 36.8 Å². The van der Waals surface area contributed by atoms with Crippen molar-refractivity contribution in [1.82, 2.24) is 9.55 Å². The molecule has 0 aliphatic carbocycles. The zero-order valence-corrected chi connectivity index (χ0v) is 13.6. The molecule has 0 aliphatic rings. The predicted octanol–water partition coefficient (Wildman–Crippen LogP) is 3.30. The van der Waals surface area contributed by atoms with Crippen LogP contribution in [-0.2, 0) is 11.3 Å². The van der Waals surface area contributed by atoms with Crippen LogP contribution in [0.25, 0.3) is 10.9 Å². The van der Waals surface area contributed by atoms with Crippen molar-refractivity contribution in [3.8, 4) is 0 Å². The van der Waals surface area contributed by atoms with Gasteiger partial charge >= 0.3 is 5.97 Å². The Balaban J connectivity index is 1.58. The van der Waals surface area contributed by atoms with Crippen LogP contribution < -0.4 is 5.56 Å². The van der Waals surface area contributed by atoms with E-state index in [0.29, 0.717) is 34.5 Å². The molecule has 122 valence electrons. The SMILES string of the molecule is O=C(OCCCn1cnc2ccccc2c1=O)c1cccc(Cl)c1. The third-order valence-electron chi connectivity index (χ3n) is 3.57. The van der Waals surface area contributed by atoms with Gasteiger partial charge in [0.15, 0.2) is 0 Å². The minimum absolute atomic E-state index is 0.0956. The predicted molar refractivity (Wildman–Crippen MR) is 92.4 cm³/mol. The Morgan fingerprint density at radius 3 is 2.83 bits per heavy atom. The number of nitrogens with zero attached hydrogens (tertiary/aromatic N) is 2. The highest BCUT2D eigenvalue weighted by atomic mass is 35.5. The molecule has 2 aromatic carbocycles. The van der Waals surface area contributed by atoms with E-state index >= 15 is 0 Å². The van der Waals surface area contributed by atoms with E-state index in [-0.39, 0.29) is 12.2 Å². The molecular formula is C18H15ClN2O3. The zero-order chi connectivity index (χ0) is 16.9. The van der Waals surface area contributed by atoms with E-state index in [1.807, 2.05) is 12.1 Å². The summed E-state index contributed by atoms with van der Waals surface area (Å²) in [7, 11) is 0. The molecule has 0 unspecified atom stereocenters. The lowest BCUT2D eigenvalue weighted by Gasteiger charge is -2.08. The smallest absolute Gasteiger partial charge is 0.338 e. The molecule has 0 radical (unpaired) electrons. The number of aryl methyl sites for hydroxylation is 1. The van der Waals surface area contributed by atoms with E-state index in [0.717, 1.165) is 0 Å². The van der Waals surface area contributed by atoms with Crippen molar-refractivity contribution in [2.75, 3.05) is 6.61 Å². The van der Waals surface area contributed by atoms with Gasteiger partial charge in [-0.2, -0.15) is 0 Å². The van der Waals surface area contributed by atoms with Crippen molar-refractivity contribution in [1.29, 1.82) is 0 Å². The van der Waals surface area contributed by atoms with Crippen molar-refractivity contribution in [3.05, 3.63) is 75.8 Å². The topological polar surface area (TPSA) is 61.2 Å². The normalized spacial score (nSPS) is 10.7. The lowest BCUT2D eigenvalue weighted by Crippen LogP contribution is -2.21. The van der Waals surface area contributed by atoms with Gasteiger partial charge in [0.05, 0.1) is 29.4 Å². The lowest BCUT2D eigenvalue weighted by atomic mass is 10.2. The van der Waals surface area contributed by atoms with Gasteiger partial charge in [0.1, 0.15) is 0 Å². The molecule has 0 aliphatic heterocycles. The second-order valence-electron chi connectivity index (χ2n) is 5.26. The van der Waals surface area contributed by atoms with Gasteiger partial charge < -0.3 is 4.74 Å². The molecule has 0 N–H and O–H groups in total. The highest BCUT2D eigenvalue weighted by molar-refractivity contribution is 6.30. The van der Waals surface area contributed by atoms with E-state index in [1.54, 1.807) is 36.4 Å².